The summed E-state index contributed by atoms with van der Waals surface area (Å²) < 4.78 is 0. The Morgan fingerprint density at radius 1 is 1.28 bits per heavy atom. The van der Waals surface area contributed by atoms with Gasteiger partial charge in [0, 0.05) is 17.1 Å². The molecule has 1 N–H and O–H groups in total. The molecule has 94 valence electrons. The second-order valence-electron chi connectivity index (χ2n) is 5.66. The van der Waals surface area contributed by atoms with Crippen LogP contribution < -0.4 is 0 Å². The predicted octanol–water partition coefficient (Wildman–Crippen LogP) is 3.63. The van der Waals surface area contributed by atoms with E-state index in [1.807, 2.05) is 37.3 Å². The van der Waals surface area contributed by atoms with Gasteiger partial charge in [-0.3, -0.25) is 4.98 Å². The average molecular weight is 241 g/mol. The number of benzene rings is 1. The smallest absolute Gasteiger partial charge is 0.0892 e. The zero-order chi connectivity index (χ0) is 12.6. The molecule has 1 heterocycles. The SMILES string of the molecule is CC(O)(CC1CCC1)c1cccc2cccnc12. The number of nitrogens with zero attached hydrogens (tertiary/aromatic N) is 1. The fourth-order valence-corrected chi connectivity index (χ4v) is 2.91. The molecule has 2 heteroatoms. The Balaban J connectivity index is 2.01. The Bertz CT molecular complexity index is 553. The zero-order valence-corrected chi connectivity index (χ0v) is 10.8. The first-order valence-corrected chi connectivity index (χ1v) is 6.73. The van der Waals surface area contributed by atoms with Gasteiger partial charge in [-0.15, -0.1) is 0 Å². The van der Waals surface area contributed by atoms with Crippen LogP contribution in [0.3, 0.4) is 0 Å². The maximum absolute atomic E-state index is 10.8. The number of rotatable bonds is 3. The number of aliphatic hydroxyl groups is 1. The molecule has 0 amide bonds. The quantitative estimate of drug-likeness (QED) is 0.890. The van der Waals surface area contributed by atoms with Gasteiger partial charge in [-0.2, -0.15) is 0 Å². The third-order valence-electron chi connectivity index (χ3n) is 4.12. The van der Waals surface area contributed by atoms with Crippen LogP contribution in [0.4, 0.5) is 0 Å². The van der Waals surface area contributed by atoms with Crippen LogP contribution >= 0.6 is 0 Å². The minimum atomic E-state index is -0.765. The van der Waals surface area contributed by atoms with Crippen molar-refractivity contribution >= 4 is 10.9 Å². The summed E-state index contributed by atoms with van der Waals surface area (Å²) >= 11 is 0. The molecule has 1 atom stereocenters. The molecule has 1 fully saturated rings. The summed E-state index contributed by atoms with van der Waals surface area (Å²) in [6.07, 6.45) is 6.48. The van der Waals surface area contributed by atoms with Crippen molar-refractivity contribution in [2.45, 2.75) is 38.2 Å². The average Bonchev–Trinajstić information content (AvgIpc) is 2.33. The Labute approximate surface area is 108 Å². The Hall–Kier alpha value is -1.41. The van der Waals surface area contributed by atoms with Crippen LogP contribution in [0.1, 0.15) is 38.2 Å². The minimum absolute atomic E-state index is 0.680. The molecule has 1 aliphatic rings. The third-order valence-corrected chi connectivity index (χ3v) is 4.12. The van der Waals surface area contributed by atoms with Crippen molar-refractivity contribution in [2.24, 2.45) is 5.92 Å². The summed E-state index contributed by atoms with van der Waals surface area (Å²) in [7, 11) is 0. The lowest BCUT2D eigenvalue weighted by atomic mass is 9.75. The second kappa shape index (κ2) is 4.36. The van der Waals surface area contributed by atoms with E-state index < -0.39 is 5.60 Å². The number of hydrogen-bond donors (Lipinski definition) is 1. The zero-order valence-electron chi connectivity index (χ0n) is 10.8. The van der Waals surface area contributed by atoms with Crippen molar-refractivity contribution < 1.29 is 5.11 Å². The van der Waals surface area contributed by atoms with E-state index in [9.17, 15) is 5.11 Å². The van der Waals surface area contributed by atoms with Crippen LogP contribution in [-0.2, 0) is 5.60 Å². The minimum Gasteiger partial charge on any atom is -0.385 e. The third kappa shape index (κ3) is 2.01. The van der Waals surface area contributed by atoms with Gasteiger partial charge in [0.05, 0.1) is 11.1 Å². The van der Waals surface area contributed by atoms with Gasteiger partial charge in [0.2, 0.25) is 0 Å². The van der Waals surface area contributed by atoms with Gasteiger partial charge in [0.1, 0.15) is 0 Å². The first-order valence-electron chi connectivity index (χ1n) is 6.73. The van der Waals surface area contributed by atoms with Gasteiger partial charge in [0.25, 0.3) is 0 Å². The van der Waals surface area contributed by atoms with Crippen molar-refractivity contribution in [3.05, 3.63) is 42.1 Å². The molecule has 2 nitrogen and oxygen atoms in total. The fourth-order valence-electron chi connectivity index (χ4n) is 2.91. The fraction of sp³-hybridized carbons (Fsp3) is 0.438. The van der Waals surface area contributed by atoms with Crippen LogP contribution in [0, 0.1) is 5.92 Å². The normalized spacial score (nSPS) is 19.4. The first-order chi connectivity index (χ1) is 8.67. The summed E-state index contributed by atoms with van der Waals surface area (Å²) in [6, 6.07) is 10.0. The van der Waals surface area contributed by atoms with Crippen LogP contribution in [0.2, 0.25) is 0 Å². The maximum atomic E-state index is 10.8. The van der Waals surface area contributed by atoms with Crippen molar-refractivity contribution in [3.63, 3.8) is 0 Å². The van der Waals surface area contributed by atoms with E-state index >= 15 is 0 Å². The second-order valence-corrected chi connectivity index (χ2v) is 5.66. The molecule has 0 saturated heterocycles. The van der Waals surface area contributed by atoms with E-state index in [2.05, 4.69) is 4.98 Å². The number of aromatic nitrogens is 1. The van der Waals surface area contributed by atoms with Crippen LogP contribution in [0.25, 0.3) is 10.9 Å². The molecule has 0 bridgehead atoms. The Kier molecular flexibility index (Phi) is 2.83. The summed E-state index contributed by atoms with van der Waals surface area (Å²) in [5, 5.41) is 11.9. The molecule has 3 rings (SSSR count). The topological polar surface area (TPSA) is 33.1 Å². The van der Waals surface area contributed by atoms with Gasteiger partial charge < -0.3 is 5.11 Å². The van der Waals surface area contributed by atoms with Crippen molar-refractivity contribution in [1.29, 1.82) is 0 Å². The number of hydrogen-bond acceptors (Lipinski definition) is 2. The highest BCUT2D eigenvalue weighted by Crippen LogP contribution is 2.39. The van der Waals surface area contributed by atoms with Gasteiger partial charge in [0.15, 0.2) is 0 Å². The van der Waals surface area contributed by atoms with E-state index in [1.165, 1.54) is 19.3 Å². The van der Waals surface area contributed by atoms with Crippen molar-refractivity contribution in [2.75, 3.05) is 0 Å². The van der Waals surface area contributed by atoms with Gasteiger partial charge in [-0.05, 0) is 25.3 Å². The van der Waals surface area contributed by atoms with Crippen LogP contribution in [0.5, 0.6) is 0 Å². The van der Waals surface area contributed by atoms with Crippen LogP contribution in [-0.4, -0.2) is 10.1 Å². The van der Waals surface area contributed by atoms with Crippen molar-refractivity contribution in [1.82, 2.24) is 4.98 Å². The molecule has 0 radical (unpaired) electrons. The molecule has 1 aromatic carbocycles. The highest BCUT2D eigenvalue weighted by Gasteiger charge is 2.31. The molecule has 0 spiro atoms. The van der Waals surface area contributed by atoms with E-state index in [1.54, 1.807) is 6.20 Å². The molecular formula is C16H19NO. The Morgan fingerprint density at radius 3 is 2.78 bits per heavy atom. The molecule has 2 aromatic rings. The lowest BCUT2D eigenvalue weighted by Gasteiger charge is -2.34. The summed E-state index contributed by atoms with van der Waals surface area (Å²) in [6.45, 7) is 1.93. The van der Waals surface area contributed by atoms with Crippen molar-refractivity contribution in [3.8, 4) is 0 Å². The first kappa shape index (κ1) is 11.7. The maximum Gasteiger partial charge on any atom is 0.0892 e. The molecule has 1 saturated carbocycles. The molecule has 18 heavy (non-hydrogen) atoms. The highest BCUT2D eigenvalue weighted by atomic mass is 16.3. The van der Waals surface area contributed by atoms with Gasteiger partial charge in [-0.25, -0.2) is 0 Å². The monoisotopic (exact) mass is 241 g/mol. The molecule has 1 aliphatic carbocycles. The molecule has 1 aromatic heterocycles. The lowest BCUT2D eigenvalue weighted by Crippen LogP contribution is -2.28. The summed E-state index contributed by atoms with van der Waals surface area (Å²) in [5.41, 5.74) is 1.13. The van der Waals surface area contributed by atoms with Gasteiger partial charge in [-0.1, -0.05) is 43.5 Å². The van der Waals surface area contributed by atoms with E-state index in [4.69, 9.17) is 0 Å². The van der Waals surface area contributed by atoms with Crippen LogP contribution in [0.15, 0.2) is 36.5 Å². The number of para-hydroxylation sites is 1. The summed E-state index contributed by atoms with van der Waals surface area (Å²) in [5.74, 6) is 0.680. The summed E-state index contributed by atoms with van der Waals surface area (Å²) in [4.78, 5) is 4.44. The number of fused-ring (bicyclic) bond motifs is 1. The predicted molar refractivity (Wildman–Crippen MR) is 73.3 cm³/mol. The number of pyridine rings is 1. The molecule has 0 aliphatic heterocycles. The lowest BCUT2D eigenvalue weighted by molar-refractivity contribution is 0.0173. The van der Waals surface area contributed by atoms with E-state index in [0.717, 1.165) is 22.9 Å². The van der Waals surface area contributed by atoms with E-state index in [0.29, 0.717) is 5.92 Å². The Morgan fingerprint density at radius 2 is 2.06 bits per heavy atom. The standard InChI is InChI=1S/C16H19NO/c1-16(18,11-12-5-2-6-12)14-9-3-7-13-8-4-10-17-15(13)14/h3-4,7-10,12,18H,2,5-6,11H2,1H3. The molecule has 1 unspecified atom stereocenters. The van der Waals surface area contributed by atoms with Gasteiger partial charge >= 0.3 is 0 Å². The van der Waals surface area contributed by atoms with E-state index in [-0.39, 0.29) is 0 Å². The highest BCUT2D eigenvalue weighted by molar-refractivity contribution is 5.82. The largest absolute Gasteiger partial charge is 0.385 e. The molecular weight excluding hydrogens is 222 g/mol.